The molecule has 0 fully saturated rings. The molecule has 4 aromatic rings. The van der Waals surface area contributed by atoms with Crippen molar-refractivity contribution in [1.29, 1.82) is 5.26 Å². The predicted molar refractivity (Wildman–Crippen MR) is 139 cm³/mol. The number of halogens is 2. The van der Waals surface area contributed by atoms with Gasteiger partial charge in [0.25, 0.3) is 0 Å². The van der Waals surface area contributed by atoms with Crippen LogP contribution in [0.4, 0.5) is 0 Å². The molecular formula is C27H19ClINO2. The molecule has 4 aromatic carbocycles. The van der Waals surface area contributed by atoms with Crippen LogP contribution in [-0.2, 0) is 6.61 Å². The molecule has 0 N–H and O–H groups in total. The number of methoxy groups -OCH3 is 1. The van der Waals surface area contributed by atoms with Crippen LogP contribution < -0.4 is 9.47 Å². The standard InChI is InChI=1S/C27H19ClINO2/c1-31-26-14-18(13-25(29)27(26)32-17-22-8-4-5-9-24(22)28)12-23(16-30)21-11-10-19-6-2-3-7-20(19)15-21/h2-15H,17H2,1H3/b23-12-. The maximum absolute atomic E-state index is 9.81. The lowest BCUT2D eigenvalue weighted by Gasteiger charge is -2.14. The van der Waals surface area contributed by atoms with Gasteiger partial charge in [0.1, 0.15) is 6.61 Å². The Morgan fingerprint density at radius 3 is 2.50 bits per heavy atom. The van der Waals surface area contributed by atoms with Crippen molar-refractivity contribution in [2.45, 2.75) is 6.61 Å². The second kappa shape index (κ2) is 10.1. The van der Waals surface area contributed by atoms with Gasteiger partial charge in [-0.05, 0) is 74.8 Å². The van der Waals surface area contributed by atoms with Gasteiger partial charge in [-0.2, -0.15) is 5.26 Å². The highest BCUT2D eigenvalue weighted by Gasteiger charge is 2.13. The summed E-state index contributed by atoms with van der Waals surface area (Å²) in [6.07, 6.45) is 1.87. The molecule has 0 saturated heterocycles. The number of benzene rings is 4. The Balaban J connectivity index is 1.65. The van der Waals surface area contributed by atoms with Gasteiger partial charge in [-0.3, -0.25) is 0 Å². The molecule has 0 unspecified atom stereocenters. The summed E-state index contributed by atoms with van der Waals surface area (Å²) in [7, 11) is 1.61. The van der Waals surface area contributed by atoms with Crippen molar-refractivity contribution in [1.82, 2.24) is 0 Å². The average molecular weight is 552 g/mol. The first-order chi connectivity index (χ1) is 15.6. The molecular weight excluding hydrogens is 533 g/mol. The molecule has 0 atom stereocenters. The van der Waals surface area contributed by atoms with Crippen LogP contribution >= 0.6 is 34.2 Å². The van der Waals surface area contributed by atoms with Gasteiger partial charge in [0.2, 0.25) is 0 Å². The molecule has 0 radical (unpaired) electrons. The van der Waals surface area contributed by atoms with E-state index in [4.69, 9.17) is 21.1 Å². The molecule has 0 saturated carbocycles. The first-order valence-electron chi connectivity index (χ1n) is 9.94. The van der Waals surface area contributed by atoms with Crippen LogP contribution in [0, 0.1) is 14.9 Å². The highest BCUT2D eigenvalue weighted by atomic mass is 127. The van der Waals surface area contributed by atoms with E-state index >= 15 is 0 Å². The van der Waals surface area contributed by atoms with Crippen LogP contribution in [0.15, 0.2) is 78.9 Å². The normalized spacial score (nSPS) is 11.2. The van der Waals surface area contributed by atoms with Gasteiger partial charge in [-0.1, -0.05) is 66.2 Å². The molecule has 0 amide bonds. The molecule has 0 spiro atoms. The van der Waals surface area contributed by atoms with Crippen molar-refractivity contribution in [2.75, 3.05) is 7.11 Å². The van der Waals surface area contributed by atoms with Crippen molar-refractivity contribution < 1.29 is 9.47 Å². The van der Waals surface area contributed by atoms with Crippen molar-refractivity contribution in [3.05, 3.63) is 104 Å². The number of nitriles is 1. The van der Waals surface area contributed by atoms with E-state index in [1.54, 1.807) is 7.11 Å². The van der Waals surface area contributed by atoms with Gasteiger partial charge >= 0.3 is 0 Å². The molecule has 5 heteroatoms. The van der Waals surface area contributed by atoms with Crippen molar-refractivity contribution in [3.63, 3.8) is 0 Å². The molecule has 32 heavy (non-hydrogen) atoms. The zero-order valence-electron chi connectivity index (χ0n) is 17.3. The zero-order chi connectivity index (χ0) is 22.5. The summed E-state index contributed by atoms with van der Waals surface area (Å²) in [6, 6.07) is 27.9. The SMILES string of the molecule is COc1cc(/C=C(/C#N)c2ccc3ccccc3c2)cc(I)c1OCc1ccccc1Cl. The summed E-state index contributed by atoms with van der Waals surface area (Å²) in [5.41, 5.74) is 3.22. The van der Waals surface area contributed by atoms with E-state index in [2.05, 4.69) is 34.7 Å². The van der Waals surface area contributed by atoms with Gasteiger partial charge in [0.15, 0.2) is 11.5 Å². The van der Waals surface area contributed by atoms with Crippen LogP contribution in [0.2, 0.25) is 5.02 Å². The van der Waals surface area contributed by atoms with E-state index in [0.29, 0.717) is 28.7 Å². The molecule has 0 heterocycles. The zero-order valence-corrected chi connectivity index (χ0v) is 20.2. The summed E-state index contributed by atoms with van der Waals surface area (Å²) in [5.74, 6) is 1.25. The van der Waals surface area contributed by atoms with E-state index in [-0.39, 0.29) is 0 Å². The Morgan fingerprint density at radius 2 is 1.75 bits per heavy atom. The van der Waals surface area contributed by atoms with Crippen LogP contribution in [-0.4, -0.2) is 7.11 Å². The third kappa shape index (κ3) is 4.90. The fraction of sp³-hybridized carbons (Fsp3) is 0.0741. The second-order valence-electron chi connectivity index (χ2n) is 7.15. The molecule has 3 nitrogen and oxygen atoms in total. The van der Waals surface area contributed by atoms with Gasteiger partial charge in [0.05, 0.1) is 22.3 Å². The Bertz CT molecular complexity index is 1360. The van der Waals surface area contributed by atoms with Crippen LogP contribution in [0.3, 0.4) is 0 Å². The highest BCUT2D eigenvalue weighted by Crippen LogP contribution is 2.36. The van der Waals surface area contributed by atoms with Crippen molar-refractivity contribution in [3.8, 4) is 17.6 Å². The number of allylic oxidation sites excluding steroid dienone is 1. The second-order valence-corrected chi connectivity index (χ2v) is 8.72. The monoisotopic (exact) mass is 551 g/mol. The number of nitrogens with zero attached hydrogens (tertiary/aromatic N) is 1. The number of hydrogen-bond acceptors (Lipinski definition) is 3. The van der Waals surface area contributed by atoms with E-state index in [1.807, 2.05) is 78.9 Å². The Kier molecular flexibility index (Phi) is 6.99. The largest absolute Gasteiger partial charge is 0.493 e. The fourth-order valence-electron chi connectivity index (χ4n) is 3.43. The lowest BCUT2D eigenvalue weighted by Crippen LogP contribution is -2.00. The minimum absolute atomic E-state index is 0.335. The van der Waals surface area contributed by atoms with E-state index in [9.17, 15) is 5.26 Å². The maximum atomic E-state index is 9.81. The van der Waals surface area contributed by atoms with Crippen LogP contribution in [0.1, 0.15) is 16.7 Å². The number of ether oxygens (including phenoxy) is 2. The summed E-state index contributed by atoms with van der Waals surface area (Å²) >= 11 is 8.47. The lowest BCUT2D eigenvalue weighted by atomic mass is 10.00. The van der Waals surface area contributed by atoms with E-state index < -0.39 is 0 Å². The Labute approximate surface area is 206 Å². The van der Waals surface area contributed by atoms with Crippen LogP contribution in [0.25, 0.3) is 22.4 Å². The molecule has 158 valence electrons. The van der Waals surface area contributed by atoms with Gasteiger partial charge < -0.3 is 9.47 Å². The molecule has 0 aliphatic rings. The van der Waals surface area contributed by atoms with Gasteiger partial charge in [-0.25, -0.2) is 0 Å². The molecule has 0 aromatic heterocycles. The number of fused-ring (bicyclic) bond motifs is 1. The van der Waals surface area contributed by atoms with Gasteiger partial charge in [0, 0.05) is 10.6 Å². The number of rotatable bonds is 6. The van der Waals surface area contributed by atoms with E-state index in [0.717, 1.165) is 31.0 Å². The third-order valence-electron chi connectivity index (χ3n) is 5.07. The van der Waals surface area contributed by atoms with Gasteiger partial charge in [-0.15, -0.1) is 0 Å². The maximum Gasteiger partial charge on any atom is 0.174 e. The third-order valence-corrected chi connectivity index (χ3v) is 6.24. The topological polar surface area (TPSA) is 42.2 Å². The molecule has 0 aliphatic carbocycles. The smallest absolute Gasteiger partial charge is 0.174 e. The fourth-order valence-corrected chi connectivity index (χ4v) is 4.40. The summed E-state index contributed by atoms with van der Waals surface area (Å²) < 4.78 is 12.5. The molecule has 0 bridgehead atoms. The quantitative estimate of drug-likeness (QED) is 0.140. The van der Waals surface area contributed by atoms with E-state index in [1.165, 1.54) is 0 Å². The lowest BCUT2D eigenvalue weighted by molar-refractivity contribution is 0.282. The Hall–Kier alpha value is -3.01. The average Bonchev–Trinajstić information content (AvgIpc) is 2.82. The Morgan fingerprint density at radius 1 is 1.00 bits per heavy atom. The molecule has 4 rings (SSSR count). The molecule has 0 aliphatic heterocycles. The summed E-state index contributed by atoms with van der Waals surface area (Å²) in [4.78, 5) is 0. The summed E-state index contributed by atoms with van der Waals surface area (Å²) in [6.45, 7) is 0.335. The van der Waals surface area contributed by atoms with Crippen molar-refractivity contribution >= 4 is 56.6 Å². The minimum atomic E-state index is 0.335. The first-order valence-corrected chi connectivity index (χ1v) is 11.4. The number of hydrogen-bond donors (Lipinski definition) is 0. The summed E-state index contributed by atoms with van der Waals surface area (Å²) in [5, 5.41) is 12.7. The predicted octanol–water partition coefficient (Wildman–Crippen LogP) is 7.75. The first kappa shape index (κ1) is 22.2. The van der Waals surface area contributed by atoms with Crippen molar-refractivity contribution in [2.24, 2.45) is 0 Å². The minimum Gasteiger partial charge on any atom is -0.493 e. The van der Waals surface area contributed by atoms with Crippen LogP contribution in [0.5, 0.6) is 11.5 Å². The highest BCUT2D eigenvalue weighted by molar-refractivity contribution is 14.1.